The molecule has 1 aromatic carbocycles. The molecule has 0 saturated carbocycles. The summed E-state index contributed by atoms with van der Waals surface area (Å²) in [6, 6.07) is 2.78. The van der Waals surface area contributed by atoms with Gasteiger partial charge in [0.05, 0.1) is 5.56 Å². The van der Waals surface area contributed by atoms with Gasteiger partial charge in [-0.15, -0.1) is 0 Å². The number of carbonyl (C=O) groups excluding carboxylic acids is 1. The number of hydrogen-bond acceptors (Lipinski definition) is 3. The lowest BCUT2D eigenvalue weighted by Crippen LogP contribution is -2.02. The van der Waals surface area contributed by atoms with Crippen molar-refractivity contribution in [2.45, 2.75) is 0 Å². The van der Waals surface area contributed by atoms with Crippen LogP contribution in [-0.2, 0) is 0 Å². The molecule has 0 radical (unpaired) electrons. The van der Waals surface area contributed by atoms with Crippen molar-refractivity contribution >= 4 is 11.6 Å². The average Bonchev–Trinajstić information content (AvgIpc) is 2.24. The largest absolute Gasteiger partial charge is 0.504 e. The van der Waals surface area contributed by atoms with Crippen LogP contribution in [0.2, 0.25) is 0 Å². The molecule has 0 unspecified atom stereocenters. The lowest BCUT2D eigenvalue weighted by molar-refractivity contribution is 0.102. The lowest BCUT2D eigenvalue weighted by atomic mass is 10.2. The topological polar surface area (TPSA) is 69.6 Å². The highest BCUT2D eigenvalue weighted by Gasteiger charge is 2.22. The fourth-order valence-electron chi connectivity index (χ4n) is 1.06. The number of anilines is 1. The Labute approximate surface area is 62.1 Å². The van der Waals surface area contributed by atoms with Crippen molar-refractivity contribution in [2.75, 3.05) is 5.32 Å². The summed E-state index contributed by atoms with van der Waals surface area (Å²) < 4.78 is 0. The minimum absolute atomic E-state index is 0.125. The van der Waals surface area contributed by atoms with E-state index in [4.69, 9.17) is 10.2 Å². The number of phenols is 2. The molecule has 1 aliphatic heterocycles. The molecule has 2 bridgehead atoms. The van der Waals surface area contributed by atoms with Crippen LogP contribution in [0.5, 0.6) is 11.5 Å². The summed E-state index contributed by atoms with van der Waals surface area (Å²) in [7, 11) is 0. The molecule has 1 heterocycles. The van der Waals surface area contributed by atoms with Crippen molar-refractivity contribution < 1.29 is 15.0 Å². The van der Waals surface area contributed by atoms with Gasteiger partial charge in [-0.05, 0) is 6.07 Å². The van der Waals surface area contributed by atoms with Crippen molar-refractivity contribution in [3.63, 3.8) is 0 Å². The fourth-order valence-corrected chi connectivity index (χ4v) is 1.06. The van der Waals surface area contributed by atoms with Crippen LogP contribution in [0.1, 0.15) is 10.4 Å². The van der Waals surface area contributed by atoms with Gasteiger partial charge >= 0.3 is 0 Å². The molecule has 2 rings (SSSR count). The molecule has 0 aliphatic carbocycles. The zero-order valence-corrected chi connectivity index (χ0v) is 5.46. The number of nitrogens with one attached hydrogen (secondary N) is 1. The molecule has 1 aliphatic rings. The average molecular weight is 151 g/mol. The van der Waals surface area contributed by atoms with Crippen LogP contribution in [-0.4, -0.2) is 16.1 Å². The van der Waals surface area contributed by atoms with E-state index in [1.54, 1.807) is 0 Å². The van der Waals surface area contributed by atoms with Crippen LogP contribution in [0.25, 0.3) is 0 Å². The third kappa shape index (κ3) is 0.660. The van der Waals surface area contributed by atoms with E-state index in [2.05, 4.69) is 5.32 Å². The molecular weight excluding hydrogens is 146 g/mol. The number of amides is 1. The maximum absolute atomic E-state index is 10.9. The van der Waals surface area contributed by atoms with E-state index in [-0.39, 0.29) is 23.0 Å². The first kappa shape index (κ1) is 6.03. The van der Waals surface area contributed by atoms with E-state index in [0.717, 1.165) is 0 Å². The molecule has 0 fully saturated rings. The number of aromatic hydroxyl groups is 2. The summed E-state index contributed by atoms with van der Waals surface area (Å²) in [5.74, 6) is -1.00. The first-order chi connectivity index (χ1) is 5.18. The molecule has 4 heteroatoms. The third-order valence-corrected chi connectivity index (χ3v) is 1.59. The number of rotatable bonds is 0. The van der Waals surface area contributed by atoms with E-state index < -0.39 is 0 Å². The Morgan fingerprint density at radius 3 is 2.73 bits per heavy atom. The number of carbonyl (C=O) groups is 1. The van der Waals surface area contributed by atoms with E-state index in [1.165, 1.54) is 12.1 Å². The monoisotopic (exact) mass is 151 g/mol. The second-order valence-electron chi connectivity index (χ2n) is 2.35. The maximum Gasteiger partial charge on any atom is 0.259 e. The highest BCUT2D eigenvalue weighted by molar-refractivity contribution is 6.12. The standard InChI is InChI=1S/C7H5NO3/c9-5-2-3-1-4(6(5)10)7(11)8-3/h1-2,9-10H,(H,8,11). The molecule has 0 saturated heterocycles. The molecule has 1 amide bonds. The van der Waals surface area contributed by atoms with Gasteiger partial charge in [-0.3, -0.25) is 4.79 Å². The van der Waals surface area contributed by atoms with Gasteiger partial charge in [0.15, 0.2) is 11.5 Å². The van der Waals surface area contributed by atoms with Crippen LogP contribution in [0, 0.1) is 0 Å². The van der Waals surface area contributed by atoms with E-state index >= 15 is 0 Å². The fraction of sp³-hybridized carbons (Fsp3) is 0. The van der Waals surface area contributed by atoms with Crippen LogP contribution in [0.4, 0.5) is 5.69 Å². The molecule has 0 atom stereocenters. The van der Waals surface area contributed by atoms with Gasteiger partial charge < -0.3 is 15.5 Å². The van der Waals surface area contributed by atoms with Crippen molar-refractivity contribution in [1.29, 1.82) is 0 Å². The van der Waals surface area contributed by atoms with Gasteiger partial charge in [0.2, 0.25) is 0 Å². The van der Waals surface area contributed by atoms with Crippen molar-refractivity contribution in [2.24, 2.45) is 0 Å². The molecular formula is C7H5NO3. The minimum Gasteiger partial charge on any atom is -0.504 e. The van der Waals surface area contributed by atoms with E-state index in [9.17, 15) is 4.79 Å². The second-order valence-corrected chi connectivity index (χ2v) is 2.35. The van der Waals surface area contributed by atoms with Gasteiger partial charge in [-0.1, -0.05) is 0 Å². The highest BCUT2D eigenvalue weighted by atomic mass is 16.3. The highest BCUT2D eigenvalue weighted by Crippen LogP contribution is 2.36. The molecule has 11 heavy (non-hydrogen) atoms. The zero-order chi connectivity index (χ0) is 8.01. The Morgan fingerprint density at radius 1 is 1.27 bits per heavy atom. The lowest BCUT2D eigenvalue weighted by Gasteiger charge is -1.95. The van der Waals surface area contributed by atoms with Crippen molar-refractivity contribution in [1.82, 2.24) is 0 Å². The van der Waals surface area contributed by atoms with Gasteiger partial charge in [0.25, 0.3) is 5.91 Å². The molecule has 0 spiro atoms. The SMILES string of the molecule is O=C1Nc2cc(O)c(O)c1c2. The predicted molar refractivity (Wildman–Crippen MR) is 37.7 cm³/mol. The third-order valence-electron chi connectivity index (χ3n) is 1.59. The summed E-state index contributed by atoms with van der Waals surface area (Å²) in [4.78, 5) is 10.9. The number of fused-ring (bicyclic) bond motifs is 2. The summed E-state index contributed by atoms with van der Waals surface area (Å²) in [5.41, 5.74) is 0.639. The van der Waals surface area contributed by atoms with Gasteiger partial charge in [0, 0.05) is 11.8 Å². The number of phenolic OH excluding ortho intramolecular Hbond substituents is 2. The molecule has 0 aromatic heterocycles. The Bertz CT molecular complexity index is 346. The Morgan fingerprint density at radius 2 is 2.00 bits per heavy atom. The normalized spacial score (nSPS) is 13.3. The zero-order valence-electron chi connectivity index (χ0n) is 5.46. The smallest absolute Gasteiger partial charge is 0.259 e. The van der Waals surface area contributed by atoms with Gasteiger partial charge in [0.1, 0.15) is 0 Å². The first-order valence-electron chi connectivity index (χ1n) is 3.06. The van der Waals surface area contributed by atoms with Gasteiger partial charge in [-0.2, -0.15) is 0 Å². The minimum atomic E-state index is -0.377. The molecule has 3 N–H and O–H groups in total. The van der Waals surface area contributed by atoms with E-state index in [0.29, 0.717) is 5.69 Å². The van der Waals surface area contributed by atoms with E-state index in [1.807, 2.05) is 0 Å². The van der Waals surface area contributed by atoms with Crippen LogP contribution in [0.15, 0.2) is 12.1 Å². The molecule has 4 nitrogen and oxygen atoms in total. The summed E-state index contributed by atoms with van der Waals surface area (Å²) in [5, 5.41) is 20.5. The van der Waals surface area contributed by atoms with Gasteiger partial charge in [-0.25, -0.2) is 0 Å². The summed E-state index contributed by atoms with van der Waals surface area (Å²) in [6.07, 6.45) is 0. The Balaban J connectivity index is 2.75. The number of benzene rings is 1. The maximum atomic E-state index is 10.9. The first-order valence-corrected chi connectivity index (χ1v) is 3.06. The second kappa shape index (κ2) is 1.66. The quantitative estimate of drug-likeness (QED) is 0.377. The number of hydrogen-bond donors (Lipinski definition) is 3. The van der Waals surface area contributed by atoms with Crippen LogP contribution >= 0.6 is 0 Å². The Kier molecular flexibility index (Phi) is 0.910. The van der Waals surface area contributed by atoms with Crippen LogP contribution < -0.4 is 5.32 Å². The van der Waals surface area contributed by atoms with Crippen LogP contribution in [0.3, 0.4) is 0 Å². The molecule has 56 valence electrons. The summed E-state index contributed by atoms with van der Waals surface area (Å²) in [6.45, 7) is 0. The van der Waals surface area contributed by atoms with Crippen molar-refractivity contribution in [3.8, 4) is 11.5 Å². The predicted octanol–water partition coefficient (Wildman–Crippen LogP) is 0.663. The Hall–Kier alpha value is -1.71. The molecule has 1 aromatic rings. The summed E-state index contributed by atoms with van der Waals surface area (Å²) >= 11 is 0. The van der Waals surface area contributed by atoms with Crippen molar-refractivity contribution in [3.05, 3.63) is 17.7 Å².